The Labute approximate surface area is 120 Å². The fourth-order valence-corrected chi connectivity index (χ4v) is 2.00. The van der Waals surface area contributed by atoms with E-state index in [0.717, 1.165) is 24.8 Å². The van der Waals surface area contributed by atoms with Crippen LogP contribution in [0, 0.1) is 6.92 Å². The molecule has 2 aromatic rings. The van der Waals surface area contributed by atoms with Crippen LogP contribution in [0.25, 0.3) is 0 Å². The Kier molecular flexibility index (Phi) is 5.26. The molecule has 0 aliphatic heterocycles. The van der Waals surface area contributed by atoms with E-state index >= 15 is 0 Å². The van der Waals surface area contributed by atoms with Crippen LogP contribution < -0.4 is 5.32 Å². The van der Waals surface area contributed by atoms with Gasteiger partial charge in [-0.2, -0.15) is 0 Å². The molecule has 0 saturated carbocycles. The van der Waals surface area contributed by atoms with E-state index in [-0.39, 0.29) is 0 Å². The molecular weight excluding hydrogens is 252 g/mol. The van der Waals surface area contributed by atoms with Crippen LogP contribution in [0.2, 0.25) is 0 Å². The second-order valence-corrected chi connectivity index (χ2v) is 4.73. The molecule has 1 heterocycles. The van der Waals surface area contributed by atoms with Crippen LogP contribution in [-0.2, 0) is 31.5 Å². The van der Waals surface area contributed by atoms with Gasteiger partial charge in [-0.1, -0.05) is 24.3 Å². The van der Waals surface area contributed by atoms with Gasteiger partial charge in [0, 0.05) is 20.2 Å². The number of rotatable bonds is 7. The summed E-state index contributed by atoms with van der Waals surface area (Å²) < 4.78 is 7.49. The van der Waals surface area contributed by atoms with Crippen LogP contribution in [0.4, 0.5) is 0 Å². The topological polar surface area (TPSA) is 52.0 Å². The van der Waals surface area contributed by atoms with E-state index < -0.39 is 0 Å². The molecule has 1 aromatic carbocycles. The molecule has 0 saturated heterocycles. The molecule has 0 bridgehead atoms. The predicted molar refractivity (Wildman–Crippen MR) is 78.1 cm³/mol. The van der Waals surface area contributed by atoms with Crippen molar-refractivity contribution in [3.63, 3.8) is 0 Å². The smallest absolute Gasteiger partial charge is 0.146 e. The second-order valence-electron chi connectivity index (χ2n) is 4.73. The summed E-state index contributed by atoms with van der Waals surface area (Å²) in [5.74, 6) is 1.88. The van der Waals surface area contributed by atoms with E-state index in [4.69, 9.17) is 4.74 Å². The molecule has 0 aliphatic carbocycles. The van der Waals surface area contributed by atoms with Gasteiger partial charge in [0.05, 0.1) is 13.2 Å². The van der Waals surface area contributed by atoms with Gasteiger partial charge < -0.3 is 14.6 Å². The van der Waals surface area contributed by atoms with Crippen molar-refractivity contribution in [3.05, 3.63) is 47.0 Å². The van der Waals surface area contributed by atoms with Gasteiger partial charge in [0.1, 0.15) is 11.6 Å². The van der Waals surface area contributed by atoms with Crippen molar-refractivity contribution in [3.8, 4) is 0 Å². The highest BCUT2D eigenvalue weighted by atomic mass is 16.5. The maximum Gasteiger partial charge on any atom is 0.146 e. The third-order valence-electron chi connectivity index (χ3n) is 3.36. The van der Waals surface area contributed by atoms with Crippen molar-refractivity contribution in [1.29, 1.82) is 0 Å². The minimum atomic E-state index is 0.664. The van der Waals surface area contributed by atoms with Crippen LogP contribution in [0.3, 0.4) is 0 Å². The first-order valence-corrected chi connectivity index (χ1v) is 6.92. The molecule has 1 N–H and O–H groups in total. The average molecular weight is 274 g/mol. The minimum absolute atomic E-state index is 0.664. The van der Waals surface area contributed by atoms with Crippen molar-refractivity contribution in [2.45, 2.75) is 33.5 Å². The van der Waals surface area contributed by atoms with E-state index in [1.807, 2.05) is 31.5 Å². The molecule has 5 nitrogen and oxygen atoms in total. The first kappa shape index (κ1) is 14.7. The first-order valence-electron chi connectivity index (χ1n) is 6.92. The van der Waals surface area contributed by atoms with Gasteiger partial charge >= 0.3 is 0 Å². The third kappa shape index (κ3) is 3.65. The quantitative estimate of drug-likeness (QED) is 0.838. The van der Waals surface area contributed by atoms with Gasteiger partial charge in [0.25, 0.3) is 0 Å². The lowest BCUT2D eigenvalue weighted by molar-refractivity contribution is 0.133. The van der Waals surface area contributed by atoms with E-state index in [1.165, 1.54) is 11.1 Å². The number of aromatic nitrogens is 3. The molecule has 0 amide bonds. The monoisotopic (exact) mass is 274 g/mol. The fraction of sp³-hybridized carbons (Fsp3) is 0.467. The second kappa shape index (κ2) is 7.17. The average Bonchev–Trinajstić information content (AvgIpc) is 2.78. The summed E-state index contributed by atoms with van der Waals surface area (Å²) in [5, 5.41) is 11.6. The zero-order chi connectivity index (χ0) is 14.4. The van der Waals surface area contributed by atoms with Crippen molar-refractivity contribution in [2.24, 2.45) is 7.05 Å². The van der Waals surface area contributed by atoms with Gasteiger partial charge in [0.2, 0.25) is 0 Å². The molecule has 0 spiro atoms. The molecular formula is C15H22N4O. The fourth-order valence-electron chi connectivity index (χ4n) is 2.00. The molecule has 0 atom stereocenters. The van der Waals surface area contributed by atoms with Crippen molar-refractivity contribution in [1.82, 2.24) is 20.1 Å². The molecule has 20 heavy (non-hydrogen) atoms. The van der Waals surface area contributed by atoms with E-state index in [2.05, 4.69) is 33.7 Å². The number of nitrogens with zero attached hydrogens (tertiary/aromatic N) is 3. The van der Waals surface area contributed by atoms with E-state index in [1.54, 1.807) is 0 Å². The SMILES string of the molecule is CCOCc1ccccc1CNCc1nnc(C)n1C. The number of aryl methyl sites for hydroxylation is 1. The summed E-state index contributed by atoms with van der Waals surface area (Å²) >= 11 is 0. The number of benzene rings is 1. The highest BCUT2D eigenvalue weighted by Crippen LogP contribution is 2.10. The highest BCUT2D eigenvalue weighted by Gasteiger charge is 2.05. The Balaban J connectivity index is 1.92. The van der Waals surface area contributed by atoms with Crippen molar-refractivity contribution < 1.29 is 4.74 Å². The molecule has 0 fully saturated rings. The van der Waals surface area contributed by atoms with Crippen molar-refractivity contribution >= 4 is 0 Å². The first-order chi connectivity index (χ1) is 9.72. The molecule has 108 valence electrons. The van der Waals surface area contributed by atoms with Gasteiger partial charge in [-0.3, -0.25) is 0 Å². The van der Waals surface area contributed by atoms with E-state index in [9.17, 15) is 0 Å². The maximum atomic E-state index is 5.49. The summed E-state index contributed by atoms with van der Waals surface area (Å²) in [6.45, 7) is 6.87. The zero-order valence-corrected chi connectivity index (χ0v) is 12.4. The Bertz CT molecular complexity index is 551. The summed E-state index contributed by atoms with van der Waals surface area (Å²) in [4.78, 5) is 0. The van der Waals surface area contributed by atoms with Gasteiger partial charge in [-0.05, 0) is 25.0 Å². The van der Waals surface area contributed by atoms with Gasteiger partial charge in [-0.25, -0.2) is 0 Å². The zero-order valence-electron chi connectivity index (χ0n) is 12.4. The maximum absolute atomic E-state index is 5.49. The van der Waals surface area contributed by atoms with Crippen LogP contribution in [0.1, 0.15) is 29.7 Å². The van der Waals surface area contributed by atoms with Crippen LogP contribution in [0.5, 0.6) is 0 Å². The molecule has 2 rings (SSSR count). The normalized spacial score (nSPS) is 10.9. The Morgan fingerprint density at radius 3 is 2.55 bits per heavy atom. The molecule has 0 aliphatic rings. The molecule has 5 heteroatoms. The van der Waals surface area contributed by atoms with Gasteiger partial charge in [0.15, 0.2) is 0 Å². The molecule has 0 radical (unpaired) electrons. The summed E-state index contributed by atoms with van der Waals surface area (Å²) in [5.41, 5.74) is 2.50. The summed E-state index contributed by atoms with van der Waals surface area (Å²) in [6, 6.07) is 8.34. The third-order valence-corrected chi connectivity index (χ3v) is 3.36. The molecule has 1 aromatic heterocycles. The lowest BCUT2D eigenvalue weighted by Crippen LogP contribution is -2.17. The number of nitrogens with one attached hydrogen (secondary N) is 1. The lowest BCUT2D eigenvalue weighted by atomic mass is 10.1. The van der Waals surface area contributed by atoms with Crippen LogP contribution >= 0.6 is 0 Å². The van der Waals surface area contributed by atoms with Gasteiger partial charge in [-0.15, -0.1) is 10.2 Å². The van der Waals surface area contributed by atoms with Crippen LogP contribution in [0.15, 0.2) is 24.3 Å². The standard InChI is InChI=1S/C15H22N4O/c1-4-20-11-14-8-6-5-7-13(14)9-16-10-15-18-17-12(2)19(15)3/h5-8,16H,4,9-11H2,1-3H3. The number of ether oxygens (including phenoxy) is 1. The Morgan fingerprint density at radius 2 is 1.90 bits per heavy atom. The predicted octanol–water partition coefficient (Wildman–Crippen LogP) is 1.95. The Hall–Kier alpha value is -1.72. The summed E-state index contributed by atoms with van der Waals surface area (Å²) in [7, 11) is 1.98. The summed E-state index contributed by atoms with van der Waals surface area (Å²) in [6.07, 6.45) is 0. The molecule has 0 unspecified atom stereocenters. The van der Waals surface area contributed by atoms with Crippen LogP contribution in [-0.4, -0.2) is 21.4 Å². The Morgan fingerprint density at radius 1 is 1.15 bits per heavy atom. The minimum Gasteiger partial charge on any atom is -0.377 e. The number of hydrogen-bond donors (Lipinski definition) is 1. The highest BCUT2D eigenvalue weighted by molar-refractivity contribution is 5.26. The largest absolute Gasteiger partial charge is 0.377 e. The van der Waals surface area contributed by atoms with E-state index in [0.29, 0.717) is 13.2 Å². The number of hydrogen-bond acceptors (Lipinski definition) is 4. The lowest BCUT2D eigenvalue weighted by Gasteiger charge is -2.10. The van der Waals surface area contributed by atoms with Crippen molar-refractivity contribution in [2.75, 3.05) is 6.61 Å².